The van der Waals surface area contributed by atoms with E-state index in [1.165, 1.54) is 24.3 Å². The Labute approximate surface area is 109 Å². The second kappa shape index (κ2) is 4.80. The van der Waals surface area contributed by atoms with E-state index >= 15 is 0 Å². The first kappa shape index (κ1) is 13.2. The molecular formula is C15H13F2NO. The second-order valence-corrected chi connectivity index (χ2v) is 4.48. The van der Waals surface area contributed by atoms with Crippen LogP contribution in [0.2, 0.25) is 0 Å². The van der Waals surface area contributed by atoms with E-state index in [4.69, 9.17) is 5.73 Å². The van der Waals surface area contributed by atoms with Gasteiger partial charge in [0.05, 0.1) is 5.69 Å². The van der Waals surface area contributed by atoms with Gasteiger partial charge >= 0.3 is 0 Å². The number of nitrogen functional groups attached to an aromatic ring is 1. The molecule has 4 heteroatoms. The lowest BCUT2D eigenvalue weighted by Gasteiger charge is -2.09. The first-order valence-electron chi connectivity index (χ1n) is 5.76. The van der Waals surface area contributed by atoms with Crippen molar-refractivity contribution in [2.24, 2.45) is 0 Å². The normalized spacial score (nSPS) is 10.5. The molecule has 0 aliphatic carbocycles. The fraction of sp³-hybridized carbons (Fsp3) is 0.133. The number of nitrogens with two attached hydrogens (primary N) is 1. The average molecular weight is 261 g/mol. The molecular weight excluding hydrogens is 248 g/mol. The van der Waals surface area contributed by atoms with Crippen LogP contribution in [-0.2, 0) is 0 Å². The van der Waals surface area contributed by atoms with Gasteiger partial charge in [-0.15, -0.1) is 0 Å². The van der Waals surface area contributed by atoms with Crippen molar-refractivity contribution < 1.29 is 13.6 Å². The van der Waals surface area contributed by atoms with Gasteiger partial charge in [-0.3, -0.25) is 4.79 Å². The fourth-order valence-corrected chi connectivity index (χ4v) is 2.08. The van der Waals surface area contributed by atoms with Crippen molar-refractivity contribution in [1.29, 1.82) is 0 Å². The highest BCUT2D eigenvalue weighted by molar-refractivity contribution is 6.10. The zero-order valence-electron chi connectivity index (χ0n) is 10.6. The number of hydrogen-bond donors (Lipinski definition) is 1. The molecule has 0 aliphatic rings. The molecule has 0 bridgehead atoms. The van der Waals surface area contributed by atoms with Crippen LogP contribution < -0.4 is 5.73 Å². The number of hydrogen-bond acceptors (Lipinski definition) is 2. The summed E-state index contributed by atoms with van der Waals surface area (Å²) in [5.74, 6) is -1.37. The number of halogens is 2. The van der Waals surface area contributed by atoms with Crippen LogP contribution in [0.1, 0.15) is 27.0 Å². The van der Waals surface area contributed by atoms with Gasteiger partial charge in [0.2, 0.25) is 0 Å². The number of anilines is 1. The molecule has 0 aliphatic heterocycles. The molecule has 0 aromatic heterocycles. The molecule has 0 saturated heterocycles. The molecule has 0 unspecified atom stereocenters. The van der Waals surface area contributed by atoms with Crippen LogP contribution in [0.5, 0.6) is 0 Å². The third-order valence-electron chi connectivity index (χ3n) is 2.99. The van der Waals surface area contributed by atoms with Crippen molar-refractivity contribution in [3.63, 3.8) is 0 Å². The van der Waals surface area contributed by atoms with Crippen LogP contribution in [-0.4, -0.2) is 5.78 Å². The summed E-state index contributed by atoms with van der Waals surface area (Å²) < 4.78 is 26.6. The maximum atomic E-state index is 13.4. The van der Waals surface area contributed by atoms with Crippen molar-refractivity contribution in [2.75, 3.05) is 5.73 Å². The number of rotatable bonds is 2. The predicted octanol–water partition coefficient (Wildman–Crippen LogP) is 3.39. The van der Waals surface area contributed by atoms with E-state index in [1.807, 2.05) is 0 Å². The van der Waals surface area contributed by atoms with Crippen LogP contribution in [0.25, 0.3) is 0 Å². The van der Waals surface area contributed by atoms with Gasteiger partial charge in [-0.05, 0) is 55.3 Å². The molecule has 0 amide bonds. The Bertz CT molecular complexity index is 642. The highest BCUT2D eigenvalue weighted by Crippen LogP contribution is 2.21. The zero-order valence-corrected chi connectivity index (χ0v) is 10.6. The molecule has 2 N–H and O–H groups in total. The van der Waals surface area contributed by atoms with E-state index < -0.39 is 11.6 Å². The maximum absolute atomic E-state index is 13.4. The molecule has 0 radical (unpaired) electrons. The van der Waals surface area contributed by atoms with Gasteiger partial charge < -0.3 is 5.73 Å². The van der Waals surface area contributed by atoms with E-state index in [0.29, 0.717) is 16.7 Å². The van der Waals surface area contributed by atoms with E-state index in [0.717, 1.165) is 6.07 Å². The largest absolute Gasteiger partial charge is 0.396 e. The third kappa shape index (κ3) is 2.47. The van der Waals surface area contributed by atoms with Crippen LogP contribution in [0.3, 0.4) is 0 Å². The summed E-state index contributed by atoms with van der Waals surface area (Å²) in [6.45, 7) is 3.30. The Morgan fingerprint density at radius 3 is 2.16 bits per heavy atom. The summed E-state index contributed by atoms with van der Waals surface area (Å²) >= 11 is 0. The Morgan fingerprint density at radius 1 is 1.05 bits per heavy atom. The van der Waals surface area contributed by atoms with Crippen LogP contribution in [0, 0.1) is 25.5 Å². The van der Waals surface area contributed by atoms with Crippen LogP contribution in [0.4, 0.5) is 14.5 Å². The second-order valence-electron chi connectivity index (χ2n) is 4.48. The van der Waals surface area contributed by atoms with Crippen molar-refractivity contribution in [3.05, 3.63) is 64.2 Å². The molecule has 0 fully saturated rings. The van der Waals surface area contributed by atoms with E-state index in [2.05, 4.69) is 0 Å². The quantitative estimate of drug-likeness (QED) is 0.665. The van der Waals surface area contributed by atoms with E-state index in [9.17, 15) is 13.6 Å². The molecule has 2 aromatic carbocycles. The van der Waals surface area contributed by atoms with Gasteiger partial charge in [-0.2, -0.15) is 0 Å². The van der Waals surface area contributed by atoms with Crippen molar-refractivity contribution in [1.82, 2.24) is 0 Å². The van der Waals surface area contributed by atoms with Gasteiger partial charge in [0, 0.05) is 11.1 Å². The molecule has 0 spiro atoms. The van der Waals surface area contributed by atoms with E-state index in [-0.39, 0.29) is 17.0 Å². The summed E-state index contributed by atoms with van der Waals surface area (Å²) in [4.78, 5) is 12.3. The minimum atomic E-state index is -0.636. The minimum Gasteiger partial charge on any atom is -0.396 e. The summed E-state index contributed by atoms with van der Waals surface area (Å²) in [5.41, 5.74) is 7.01. The molecule has 0 atom stereocenters. The number of ketones is 1. The van der Waals surface area contributed by atoms with Gasteiger partial charge in [0.25, 0.3) is 0 Å². The summed E-state index contributed by atoms with van der Waals surface area (Å²) in [7, 11) is 0. The Balaban J connectivity index is 2.53. The predicted molar refractivity (Wildman–Crippen MR) is 70.1 cm³/mol. The lowest BCUT2D eigenvalue weighted by atomic mass is 9.94. The topological polar surface area (TPSA) is 43.1 Å². The lowest BCUT2D eigenvalue weighted by Crippen LogP contribution is -2.08. The summed E-state index contributed by atoms with van der Waals surface area (Å²) in [6.07, 6.45) is 0. The Morgan fingerprint density at radius 2 is 1.63 bits per heavy atom. The van der Waals surface area contributed by atoms with Gasteiger partial charge in [-0.1, -0.05) is 0 Å². The van der Waals surface area contributed by atoms with Crippen LogP contribution in [0.15, 0.2) is 30.3 Å². The standard InChI is InChI=1S/C15H13F2NO/c1-8-5-11(16)6-9(2)14(8)15(19)10-3-4-13(18)12(17)7-10/h3-7H,18H2,1-2H3. The highest BCUT2D eigenvalue weighted by Gasteiger charge is 2.16. The van der Waals surface area contributed by atoms with Gasteiger partial charge in [0.15, 0.2) is 5.78 Å². The molecule has 2 nitrogen and oxygen atoms in total. The first-order valence-corrected chi connectivity index (χ1v) is 5.76. The zero-order chi connectivity index (χ0) is 14.2. The fourth-order valence-electron chi connectivity index (χ4n) is 2.08. The average Bonchev–Trinajstić information content (AvgIpc) is 2.31. The monoisotopic (exact) mass is 261 g/mol. The number of carbonyl (C=O) groups excluding carboxylic acids is 1. The summed E-state index contributed by atoms with van der Waals surface area (Å²) in [6, 6.07) is 6.47. The van der Waals surface area contributed by atoms with Crippen molar-refractivity contribution in [3.8, 4) is 0 Å². The molecule has 0 saturated carbocycles. The van der Waals surface area contributed by atoms with Crippen molar-refractivity contribution >= 4 is 11.5 Å². The molecule has 2 aromatic rings. The number of aryl methyl sites for hydroxylation is 2. The molecule has 19 heavy (non-hydrogen) atoms. The maximum Gasteiger partial charge on any atom is 0.193 e. The Kier molecular flexibility index (Phi) is 3.34. The molecule has 0 heterocycles. The van der Waals surface area contributed by atoms with Gasteiger partial charge in [0.1, 0.15) is 11.6 Å². The Hall–Kier alpha value is -2.23. The SMILES string of the molecule is Cc1cc(F)cc(C)c1C(=O)c1ccc(N)c(F)c1. The van der Waals surface area contributed by atoms with Crippen molar-refractivity contribution in [2.45, 2.75) is 13.8 Å². The number of benzene rings is 2. The smallest absolute Gasteiger partial charge is 0.193 e. The minimum absolute atomic E-state index is 0.0101. The lowest BCUT2D eigenvalue weighted by molar-refractivity contribution is 0.103. The van der Waals surface area contributed by atoms with Crippen LogP contribution >= 0.6 is 0 Å². The number of carbonyl (C=O) groups is 1. The summed E-state index contributed by atoms with van der Waals surface area (Å²) in [5, 5.41) is 0. The first-order chi connectivity index (χ1) is 8.90. The van der Waals surface area contributed by atoms with E-state index in [1.54, 1.807) is 13.8 Å². The van der Waals surface area contributed by atoms with Gasteiger partial charge in [-0.25, -0.2) is 8.78 Å². The third-order valence-corrected chi connectivity index (χ3v) is 2.99. The highest BCUT2D eigenvalue weighted by atomic mass is 19.1. The molecule has 98 valence electrons. The molecule has 2 rings (SSSR count).